The lowest BCUT2D eigenvalue weighted by atomic mass is 10.1. The van der Waals surface area contributed by atoms with Crippen molar-refractivity contribution >= 4 is 11.6 Å². The maximum atomic E-state index is 6.19. The molecule has 1 atom stereocenters. The summed E-state index contributed by atoms with van der Waals surface area (Å²) in [6.07, 6.45) is 0. The largest absolute Gasteiger partial charge is 0.497 e. The van der Waals surface area contributed by atoms with Crippen LogP contribution in [0.1, 0.15) is 24.1 Å². The van der Waals surface area contributed by atoms with Crippen molar-refractivity contribution in [3.8, 4) is 11.5 Å². The van der Waals surface area contributed by atoms with E-state index in [2.05, 4.69) is 0 Å². The standard InChI is InChI=1S/C16H18ClNO2/c1-11(18)13-5-8-16(15(17)9-13)20-10-12-3-6-14(19-2)7-4-12/h3-9,11H,10,18H2,1-2H3. The molecule has 0 saturated carbocycles. The summed E-state index contributed by atoms with van der Waals surface area (Å²) in [4.78, 5) is 0. The maximum Gasteiger partial charge on any atom is 0.138 e. The molecule has 20 heavy (non-hydrogen) atoms. The van der Waals surface area contributed by atoms with Crippen LogP contribution in [0.5, 0.6) is 11.5 Å². The molecule has 106 valence electrons. The van der Waals surface area contributed by atoms with Gasteiger partial charge in [-0.25, -0.2) is 0 Å². The Kier molecular flexibility index (Phi) is 4.88. The number of hydrogen-bond acceptors (Lipinski definition) is 3. The third kappa shape index (κ3) is 3.65. The molecular formula is C16H18ClNO2. The van der Waals surface area contributed by atoms with Crippen LogP contribution >= 0.6 is 11.6 Å². The van der Waals surface area contributed by atoms with Crippen molar-refractivity contribution in [2.24, 2.45) is 5.73 Å². The highest BCUT2D eigenvalue weighted by Crippen LogP contribution is 2.28. The van der Waals surface area contributed by atoms with E-state index in [1.165, 1.54) is 0 Å². The van der Waals surface area contributed by atoms with E-state index in [0.717, 1.165) is 16.9 Å². The monoisotopic (exact) mass is 291 g/mol. The third-order valence-electron chi connectivity index (χ3n) is 3.04. The summed E-state index contributed by atoms with van der Waals surface area (Å²) < 4.78 is 10.8. The fourth-order valence-electron chi connectivity index (χ4n) is 1.80. The first-order chi connectivity index (χ1) is 9.60. The van der Waals surface area contributed by atoms with Crippen LogP contribution in [-0.4, -0.2) is 7.11 Å². The quantitative estimate of drug-likeness (QED) is 0.907. The summed E-state index contributed by atoms with van der Waals surface area (Å²) >= 11 is 6.19. The third-order valence-corrected chi connectivity index (χ3v) is 3.33. The zero-order chi connectivity index (χ0) is 14.5. The Balaban J connectivity index is 2.03. The lowest BCUT2D eigenvalue weighted by Crippen LogP contribution is -2.05. The molecule has 4 heteroatoms. The van der Waals surface area contributed by atoms with Crippen molar-refractivity contribution in [1.82, 2.24) is 0 Å². The molecule has 0 aliphatic carbocycles. The van der Waals surface area contributed by atoms with Crippen LogP contribution in [0.25, 0.3) is 0 Å². The van der Waals surface area contributed by atoms with E-state index >= 15 is 0 Å². The highest BCUT2D eigenvalue weighted by Gasteiger charge is 2.06. The fraction of sp³-hybridized carbons (Fsp3) is 0.250. The molecule has 0 aliphatic heterocycles. The molecule has 0 amide bonds. The van der Waals surface area contributed by atoms with Crippen LogP contribution in [0, 0.1) is 0 Å². The van der Waals surface area contributed by atoms with Gasteiger partial charge in [0.1, 0.15) is 18.1 Å². The highest BCUT2D eigenvalue weighted by molar-refractivity contribution is 6.32. The van der Waals surface area contributed by atoms with E-state index in [1.807, 2.05) is 49.4 Å². The molecule has 2 rings (SSSR count). The van der Waals surface area contributed by atoms with Crippen LogP contribution in [0.15, 0.2) is 42.5 Å². The van der Waals surface area contributed by atoms with E-state index in [4.69, 9.17) is 26.8 Å². The number of rotatable bonds is 5. The van der Waals surface area contributed by atoms with Crippen LogP contribution < -0.4 is 15.2 Å². The summed E-state index contributed by atoms with van der Waals surface area (Å²) in [5.41, 5.74) is 7.86. The second-order valence-corrected chi connectivity index (χ2v) is 5.02. The van der Waals surface area contributed by atoms with Crippen LogP contribution in [0.4, 0.5) is 0 Å². The molecule has 0 fully saturated rings. The smallest absolute Gasteiger partial charge is 0.138 e. The Hall–Kier alpha value is -1.71. The first-order valence-electron chi connectivity index (χ1n) is 6.41. The SMILES string of the molecule is COc1ccc(COc2ccc(C(C)N)cc2Cl)cc1. The first kappa shape index (κ1) is 14.7. The Morgan fingerprint density at radius 1 is 1.15 bits per heavy atom. The number of benzene rings is 2. The van der Waals surface area contributed by atoms with Gasteiger partial charge in [0, 0.05) is 6.04 Å². The normalized spacial score (nSPS) is 12.0. The van der Waals surface area contributed by atoms with Gasteiger partial charge in [-0.3, -0.25) is 0 Å². The Morgan fingerprint density at radius 3 is 2.40 bits per heavy atom. The van der Waals surface area contributed by atoms with Crippen molar-refractivity contribution in [2.75, 3.05) is 7.11 Å². The lowest BCUT2D eigenvalue weighted by Gasteiger charge is -2.11. The van der Waals surface area contributed by atoms with E-state index < -0.39 is 0 Å². The van der Waals surface area contributed by atoms with Gasteiger partial charge in [-0.1, -0.05) is 29.8 Å². The van der Waals surface area contributed by atoms with Crippen LogP contribution in [-0.2, 0) is 6.61 Å². The molecule has 0 radical (unpaired) electrons. The summed E-state index contributed by atoms with van der Waals surface area (Å²) in [6.45, 7) is 2.38. The summed E-state index contributed by atoms with van der Waals surface area (Å²) in [5.74, 6) is 1.49. The highest BCUT2D eigenvalue weighted by atomic mass is 35.5. The molecule has 3 nitrogen and oxygen atoms in total. The molecule has 0 spiro atoms. The Labute approximate surface area is 124 Å². The van der Waals surface area contributed by atoms with Crippen molar-refractivity contribution in [2.45, 2.75) is 19.6 Å². The average Bonchev–Trinajstić information content (AvgIpc) is 2.46. The predicted octanol–water partition coefficient (Wildman–Crippen LogP) is 3.95. The summed E-state index contributed by atoms with van der Waals surface area (Å²) in [6, 6.07) is 13.3. The number of ether oxygens (including phenoxy) is 2. The van der Waals surface area contributed by atoms with Gasteiger partial charge in [0.2, 0.25) is 0 Å². The molecular weight excluding hydrogens is 274 g/mol. The molecule has 0 aliphatic rings. The van der Waals surface area contributed by atoms with E-state index in [1.54, 1.807) is 7.11 Å². The van der Waals surface area contributed by atoms with Crippen LogP contribution in [0.3, 0.4) is 0 Å². The van der Waals surface area contributed by atoms with Gasteiger partial charge < -0.3 is 15.2 Å². The van der Waals surface area contributed by atoms with Gasteiger partial charge in [0.25, 0.3) is 0 Å². The van der Waals surface area contributed by atoms with Crippen molar-refractivity contribution in [3.63, 3.8) is 0 Å². The second-order valence-electron chi connectivity index (χ2n) is 4.62. The minimum atomic E-state index is -0.0388. The maximum absolute atomic E-state index is 6.19. The molecule has 0 bridgehead atoms. The average molecular weight is 292 g/mol. The minimum Gasteiger partial charge on any atom is -0.497 e. The van der Waals surface area contributed by atoms with Gasteiger partial charge >= 0.3 is 0 Å². The zero-order valence-corrected chi connectivity index (χ0v) is 12.4. The molecule has 1 unspecified atom stereocenters. The van der Waals surface area contributed by atoms with E-state index in [0.29, 0.717) is 17.4 Å². The topological polar surface area (TPSA) is 44.5 Å². The summed E-state index contributed by atoms with van der Waals surface area (Å²) in [7, 11) is 1.64. The molecule has 2 aromatic carbocycles. The number of halogens is 1. The molecule has 2 aromatic rings. The Morgan fingerprint density at radius 2 is 1.85 bits per heavy atom. The van der Waals surface area contributed by atoms with Gasteiger partial charge in [0.05, 0.1) is 12.1 Å². The van der Waals surface area contributed by atoms with Crippen molar-refractivity contribution in [1.29, 1.82) is 0 Å². The van der Waals surface area contributed by atoms with E-state index in [9.17, 15) is 0 Å². The van der Waals surface area contributed by atoms with Crippen molar-refractivity contribution in [3.05, 3.63) is 58.6 Å². The molecule has 0 aromatic heterocycles. The molecule has 0 saturated heterocycles. The van der Waals surface area contributed by atoms with Crippen LogP contribution in [0.2, 0.25) is 5.02 Å². The van der Waals surface area contributed by atoms with E-state index in [-0.39, 0.29) is 6.04 Å². The number of methoxy groups -OCH3 is 1. The van der Waals surface area contributed by atoms with Gasteiger partial charge in [0.15, 0.2) is 0 Å². The van der Waals surface area contributed by atoms with Gasteiger partial charge in [-0.2, -0.15) is 0 Å². The molecule has 0 heterocycles. The zero-order valence-electron chi connectivity index (χ0n) is 11.6. The summed E-state index contributed by atoms with van der Waals surface area (Å²) in [5, 5.41) is 0.577. The molecule has 2 N–H and O–H groups in total. The second kappa shape index (κ2) is 6.64. The number of hydrogen-bond donors (Lipinski definition) is 1. The van der Waals surface area contributed by atoms with Gasteiger partial charge in [-0.15, -0.1) is 0 Å². The lowest BCUT2D eigenvalue weighted by molar-refractivity contribution is 0.306. The first-order valence-corrected chi connectivity index (χ1v) is 6.78. The van der Waals surface area contributed by atoms with Crippen molar-refractivity contribution < 1.29 is 9.47 Å². The predicted molar refractivity (Wildman–Crippen MR) is 81.4 cm³/mol. The fourth-order valence-corrected chi connectivity index (χ4v) is 2.04. The van der Waals surface area contributed by atoms with Gasteiger partial charge in [-0.05, 0) is 42.3 Å². The Bertz CT molecular complexity index is 567. The minimum absolute atomic E-state index is 0.0388. The number of nitrogens with two attached hydrogens (primary N) is 1.